The molecule has 6 heteroatoms. The third kappa shape index (κ3) is 4.05. The summed E-state index contributed by atoms with van der Waals surface area (Å²) in [7, 11) is 0. The second-order valence-corrected chi connectivity index (χ2v) is 5.01. The van der Waals surface area contributed by atoms with Crippen LogP contribution in [0.15, 0.2) is 45.5 Å². The molecular formula is C14H14BrF2NO2. The molecule has 1 unspecified atom stereocenters. The highest BCUT2D eigenvalue weighted by Gasteiger charge is 2.14. The molecule has 0 saturated carbocycles. The molecular weight excluding hydrogens is 332 g/mol. The van der Waals surface area contributed by atoms with Crippen molar-refractivity contribution in [3.8, 4) is 5.75 Å². The number of halogens is 3. The van der Waals surface area contributed by atoms with E-state index in [0.717, 1.165) is 5.76 Å². The average Bonchev–Trinajstić information content (AvgIpc) is 2.82. The van der Waals surface area contributed by atoms with Crippen LogP contribution < -0.4 is 10.1 Å². The zero-order valence-corrected chi connectivity index (χ0v) is 12.4. The number of hydrogen-bond acceptors (Lipinski definition) is 3. The number of benzene rings is 1. The van der Waals surface area contributed by atoms with Gasteiger partial charge in [-0.1, -0.05) is 18.2 Å². The molecule has 0 aliphatic rings. The first-order chi connectivity index (χ1) is 9.56. The SMILES string of the molecule is CC(NCc1ccc(Br)o1)c1ccccc1OC(F)F. The quantitative estimate of drug-likeness (QED) is 0.837. The molecule has 0 spiro atoms. The predicted molar refractivity (Wildman–Crippen MR) is 74.7 cm³/mol. The van der Waals surface area contributed by atoms with Crippen molar-refractivity contribution in [2.45, 2.75) is 26.1 Å². The Morgan fingerprint density at radius 3 is 2.65 bits per heavy atom. The minimum absolute atomic E-state index is 0.145. The Labute approximate surface area is 124 Å². The van der Waals surface area contributed by atoms with Gasteiger partial charge >= 0.3 is 6.61 Å². The van der Waals surface area contributed by atoms with Crippen molar-refractivity contribution in [1.82, 2.24) is 5.32 Å². The van der Waals surface area contributed by atoms with Crippen LogP contribution in [0.25, 0.3) is 0 Å². The third-order valence-electron chi connectivity index (χ3n) is 2.81. The van der Waals surface area contributed by atoms with E-state index in [1.54, 1.807) is 24.3 Å². The Bertz CT molecular complexity index is 560. The molecule has 1 heterocycles. The van der Waals surface area contributed by atoms with Crippen molar-refractivity contribution in [2.75, 3.05) is 0 Å². The van der Waals surface area contributed by atoms with E-state index in [1.165, 1.54) is 6.07 Å². The normalized spacial score (nSPS) is 12.7. The van der Waals surface area contributed by atoms with Crippen LogP contribution in [0.2, 0.25) is 0 Å². The van der Waals surface area contributed by atoms with Gasteiger partial charge in [0.05, 0.1) is 6.54 Å². The Hall–Kier alpha value is -1.40. The largest absolute Gasteiger partial charge is 0.453 e. The van der Waals surface area contributed by atoms with E-state index >= 15 is 0 Å². The van der Waals surface area contributed by atoms with Crippen LogP contribution in [-0.2, 0) is 6.54 Å². The van der Waals surface area contributed by atoms with E-state index < -0.39 is 6.61 Å². The molecule has 0 amide bonds. The molecule has 2 aromatic rings. The highest BCUT2D eigenvalue weighted by atomic mass is 79.9. The summed E-state index contributed by atoms with van der Waals surface area (Å²) in [6.45, 7) is -0.453. The van der Waals surface area contributed by atoms with E-state index in [1.807, 2.05) is 13.0 Å². The van der Waals surface area contributed by atoms with Crippen LogP contribution in [0.3, 0.4) is 0 Å². The zero-order valence-electron chi connectivity index (χ0n) is 10.8. The molecule has 1 aromatic carbocycles. The molecule has 0 fully saturated rings. The fraction of sp³-hybridized carbons (Fsp3) is 0.286. The van der Waals surface area contributed by atoms with Crippen LogP contribution in [0.1, 0.15) is 24.3 Å². The van der Waals surface area contributed by atoms with Crippen LogP contribution in [0, 0.1) is 0 Å². The molecule has 0 saturated heterocycles. The summed E-state index contributed by atoms with van der Waals surface area (Å²) in [6, 6.07) is 10.2. The maximum Gasteiger partial charge on any atom is 0.387 e. The second-order valence-electron chi connectivity index (χ2n) is 4.22. The lowest BCUT2D eigenvalue weighted by atomic mass is 10.1. The van der Waals surface area contributed by atoms with E-state index in [2.05, 4.69) is 26.0 Å². The lowest BCUT2D eigenvalue weighted by molar-refractivity contribution is -0.0506. The van der Waals surface area contributed by atoms with Gasteiger partial charge in [0.25, 0.3) is 0 Å². The molecule has 20 heavy (non-hydrogen) atoms. The fourth-order valence-corrected chi connectivity index (χ4v) is 2.19. The first-order valence-corrected chi connectivity index (χ1v) is 6.87. The highest BCUT2D eigenvalue weighted by Crippen LogP contribution is 2.26. The smallest absolute Gasteiger partial charge is 0.387 e. The minimum Gasteiger partial charge on any atom is -0.453 e. The van der Waals surface area contributed by atoms with Gasteiger partial charge in [-0.05, 0) is 41.1 Å². The second kappa shape index (κ2) is 6.85. The van der Waals surface area contributed by atoms with Crippen molar-refractivity contribution in [3.63, 3.8) is 0 Å². The molecule has 0 aliphatic carbocycles. The number of hydrogen-bond donors (Lipinski definition) is 1. The van der Waals surface area contributed by atoms with E-state index in [-0.39, 0.29) is 11.8 Å². The van der Waals surface area contributed by atoms with Crippen molar-refractivity contribution in [1.29, 1.82) is 0 Å². The van der Waals surface area contributed by atoms with Crippen LogP contribution in [-0.4, -0.2) is 6.61 Å². The first kappa shape index (κ1) is 15.0. The predicted octanol–water partition coefficient (Wildman–Crippen LogP) is 4.49. The van der Waals surface area contributed by atoms with Crippen LogP contribution >= 0.6 is 15.9 Å². The topological polar surface area (TPSA) is 34.4 Å². The molecule has 3 nitrogen and oxygen atoms in total. The van der Waals surface area contributed by atoms with E-state index in [0.29, 0.717) is 16.8 Å². The molecule has 1 N–H and O–H groups in total. The monoisotopic (exact) mass is 345 g/mol. The van der Waals surface area contributed by atoms with Gasteiger partial charge in [-0.3, -0.25) is 0 Å². The maximum absolute atomic E-state index is 12.4. The summed E-state index contributed by atoms with van der Waals surface area (Å²) < 4.78 is 35.3. The van der Waals surface area contributed by atoms with Gasteiger partial charge in [0.1, 0.15) is 11.5 Å². The van der Waals surface area contributed by atoms with Crippen molar-refractivity contribution >= 4 is 15.9 Å². The summed E-state index contributed by atoms with van der Waals surface area (Å²) in [5.74, 6) is 0.944. The number of rotatable bonds is 6. The summed E-state index contributed by atoms with van der Waals surface area (Å²) >= 11 is 3.23. The molecule has 1 atom stereocenters. The van der Waals surface area contributed by atoms with Crippen LogP contribution in [0.4, 0.5) is 8.78 Å². The number of nitrogens with one attached hydrogen (secondary N) is 1. The summed E-state index contributed by atoms with van der Waals surface area (Å²) in [5.41, 5.74) is 0.679. The van der Waals surface area contributed by atoms with E-state index in [9.17, 15) is 8.78 Å². The Kier molecular flexibility index (Phi) is 5.14. The summed E-state index contributed by atoms with van der Waals surface area (Å²) in [4.78, 5) is 0. The Balaban J connectivity index is 2.03. The molecule has 0 radical (unpaired) electrons. The van der Waals surface area contributed by atoms with Gasteiger partial charge in [0, 0.05) is 11.6 Å². The number of alkyl halides is 2. The number of para-hydroxylation sites is 1. The summed E-state index contributed by atoms with van der Waals surface area (Å²) in [6.07, 6.45) is 0. The van der Waals surface area contributed by atoms with Crippen molar-refractivity contribution in [2.24, 2.45) is 0 Å². The van der Waals surface area contributed by atoms with Gasteiger partial charge < -0.3 is 14.5 Å². The van der Waals surface area contributed by atoms with Gasteiger partial charge in [-0.25, -0.2) is 0 Å². The highest BCUT2D eigenvalue weighted by molar-refractivity contribution is 9.10. The van der Waals surface area contributed by atoms with Gasteiger partial charge in [-0.15, -0.1) is 0 Å². The molecule has 0 bridgehead atoms. The minimum atomic E-state index is -2.83. The summed E-state index contributed by atoms with van der Waals surface area (Å²) in [5, 5.41) is 3.20. The standard InChI is InChI=1S/C14H14BrF2NO2/c1-9(18-8-10-6-7-13(15)19-10)11-4-2-3-5-12(11)20-14(16)17/h2-7,9,14,18H,8H2,1H3. The average molecular weight is 346 g/mol. The molecule has 1 aromatic heterocycles. The van der Waals surface area contributed by atoms with Gasteiger partial charge in [-0.2, -0.15) is 8.78 Å². The first-order valence-electron chi connectivity index (χ1n) is 6.07. The van der Waals surface area contributed by atoms with E-state index in [4.69, 9.17) is 4.42 Å². The Morgan fingerprint density at radius 2 is 2.00 bits per heavy atom. The van der Waals surface area contributed by atoms with Crippen LogP contribution in [0.5, 0.6) is 5.75 Å². The molecule has 2 rings (SSSR count). The van der Waals surface area contributed by atoms with Crippen molar-refractivity contribution < 1.29 is 17.9 Å². The molecule has 0 aliphatic heterocycles. The molecule has 108 valence electrons. The fourth-order valence-electron chi connectivity index (χ4n) is 1.85. The lowest BCUT2D eigenvalue weighted by Gasteiger charge is -2.17. The zero-order chi connectivity index (χ0) is 14.5. The Morgan fingerprint density at radius 1 is 1.25 bits per heavy atom. The van der Waals surface area contributed by atoms with Gasteiger partial charge in [0.15, 0.2) is 4.67 Å². The van der Waals surface area contributed by atoms with Crippen molar-refractivity contribution in [3.05, 3.63) is 52.4 Å². The maximum atomic E-state index is 12.4. The van der Waals surface area contributed by atoms with Gasteiger partial charge in [0.2, 0.25) is 0 Å². The third-order valence-corrected chi connectivity index (χ3v) is 3.24. The number of furan rings is 1. The lowest BCUT2D eigenvalue weighted by Crippen LogP contribution is -2.19. The number of ether oxygens (including phenoxy) is 1.